The monoisotopic (exact) mass is 242 g/mol. The number of carbonyl (C=O) groups excluding carboxylic acids is 1. The Hall–Kier alpha value is -1.59. The minimum absolute atomic E-state index is 0. The average molecular weight is 243 g/mol. The SMILES string of the molecule is COC(=O)c1cnc2oc(CN)cc2c1.Cl. The fraction of sp³-hybridized carbons (Fsp3) is 0.200. The highest BCUT2D eigenvalue weighted by Gasteiger charge is 2.09. The van der Waals surface area contributed by atoms with Gasteiger partial charge in [0, 0.05) is 11.6 Å². The summed E-state index contributed by atoms with van der Waals surface area (Å²) in [6.07, 6.45) is 1.41. The van der Waals surface area contributed by atoms with Gasteiger partial charge in [-0.15, -0.1) is 12.4 Å². The molecule has 0 aliphatic carbocycles. The molecule has 16 heavy (non-hydrogen) atoms. The van der Waals surface area contributed by atoms with E-state index >= 15 is 0 Å². The lowest BCUT2D eigenvalue weighted by Crippen LogP contribution is -2.00. The molecule has 0 saturated heterocycles. The number of nitrogens with two attached hydrogens (primary N) is 1. The predicted octanol–water partition coefficient (Wildman–Crippen LogP) is 1.49. The second-order valence-corrected chi connectivity index (χ2v) is 3.03. The minimum Gasteiger partial charge on any atom is -0.465 e. The van der Waals surface area contributed by atoms with E-state index in [1.165, 1.54) is 13.3 Å². The van der Waals surface area contributed by atoms with Crippen LogP contribution in [-0.4, -0.2) is 18.1 Å². The number of hydrogen-bond donors (Lipinski definition) is 1. The highest BCUT2D eigenvalue weighted by molar-refractivity contribution is 5.92. The Kier molecular flexibility index (Phi) is 3.87. The number of rotatable bonds is 2. The molecular formula is C10H11ClN2O3. The number of fused-ring (bicyclic) bond motifs is 1. The van der Waals surface area contributed by atoms with Gasteiger partial charge in [-0.1, -0.05) is 0 Å². The summed E-state index contributed by atoms with van der Waals surface area (Å²) in [7, 11) is 1.33. The Morgan fingerprint density at radius 3 is 2.94 bits per heavy atom. The van der Waals surface area contributed by atoms with E-state index in [2.05, 4.69) is 9.72 Å². The van der Waals surface area contributed by atoms with Crippen molar-refractivity contribution < 1.29 is 13.9 Å². The van der Waals surface area contributed by atoms with Gasteiger partial charge in [0.15, 0.2) is 0 Å². The third kappa shape index (κ3) is 2.15. The molecule has 86 valence electrons. The summed E-state index contributed by atoms with van der Waals surface area (Å²) in [4.78, 5) is 15.2. The molecule has 0 spiro atoms. The molecule has 0 aromatic carbocycles. The van der Waals surface area contributed by atoms with Gasteiger partial charge in [0.25, 0.3) is 0 Å². The van der Waals surface area contributed by atoms with E-state index in [1.54, 1.807) is 12.1 Å². The first-order chi connectivity index (χ1) is 7.24. The van der Waals surface area contributed by atoms with Crippen molar-refractivity contribution in [3.8, 4) is 0 Å². The normalized spacial score (nSPS) is 9.88. The Morgan fingerprint density at radius 1 is 1.56 bits per heavy atom. The quantitative estimate of drug-likeness (QED) is 0.808. The summed E-state index contributed by atoms with van der Waals surface area (Å²) >= 11 is 0. The highest BCUT2D eigenvalue weighted by Crippen LogP contribution is 2.18. The van der Waals surface area contributed by atoms with Crippen molar-refractivity contribution in [3.63, 3.8) is 0 Å². The lowest BCUT2D eigenvalue weighted by Gasteiger charge is -1.96. The van der Waals surface area contributed by atoms with Gasteiger partial charge >= 0.3 is 5.97 Å². The summed E-state index contributed by atoms with van der Waals surface area (Å²) in [5, 5.41) is 0.748. The first-order valence-electron chi connectivity index (χ1n) is 4.41. The van der Waals surface area contributed by atoms with Crippen LogP contribution in [0.3, 0.4) is 0 Å². The van der Waals surface area contributed by atoms with Gasteiger partial charge in [0.1, 0.15) is 5.76 Å². The largest absolute Gasteiger partial charge is 0.465 e. The van der Waals surface area contributed by atoms with E-state index in [0.717, 1.165) is 5.39 Å². The van der Waals surface area contributed by atoms with Crippen molar-refractivity contribution in [2.24, 2.45) is 5.73 Å². The van der Waals surface area contributed by atoms with Crippen molar-refractivity contribution in [1.82, 2.24) is 4.98 Å². The number of methoxy groups -OCH3 is 1. The molecule has 0 aliphatic rings. The molecular weight excluding hydrogens is 232 g/mol. The maximum atomic E-state index is 11.2. The summed E-state index contributed by atoms with van der Waals surface area (Å²) in [5.41, 5.74) is 6.30. The van der Waals surface area contributed by atoms with Crippen LogP contribution in [0.15, 0.2) is 22.7 Å². The fourth-order valence-electron chi connectivity index (χ4n) is 1.32. The van der Waals surface area contributed by atoms with Gasteiger partial charge in [-0.3, -0.25) is 0 Å². The summed E-state index contributed by atoms with van der Waals surface area (Å²) in [6, 6.07) is 3.42. The van der Waals surface area contributed by atoms with E-state index in [9.17, 15) is 4.79 Å². The van der Waals surface area contributed by atoms with Crippen LogP contribution in [0.5, 0.6) is 0 Å². The van der Waals surface area contributed by atoms with E-state index in [4.69, 9.17) is 10.2 Å². The molecule has 0 amide bonds. The second kappa shape index (κ2) is 4.96. The topological polar surface area (TPSA) is 78.3 Å². The fourth-order valence-corrected chi connectivity index (χ4v) is 1.32. The number of pyridine rings is 1. The van der Waals surface area contributed by atoms with Crippen molar-refractivity contribution >= 4 is 29.5 Å². The third-order valence-corrected chi connectivity index (χ3v) is 2.05. The zero-order valence-corrected chi connectivity index (χ0v) is 9.41. The van der Waals surface area contributed by atoms with Gasteiger partial charge < -0.3 is 14.9 Å². The number of hydrogen-bond acceptors (Lipinski definition) is 5. The number of esters is 1. The van der Waals surface area contributed by atoms with Crippen molar-refractivity contribution in [1.29, 1.82) is 0 Å². The number of ether oxygens (including phenoxy) is 1. The van der Waals surface area contributed by atoms with Crippen LogP contribution in [0.4, 0.5) is 0 Å². The van der Waals surface area contributed by atoms with Gasteiger partial charge in [-0.25, -0.2) is 9.78 Å². The molecule has 0 fully saturated rings. The van der Waals surface area contributed by atoms with Crippen LogP contribution in [0.25, 0.3) is 11.1 Å². The maximum absolute atomic E-state index is 11.2. The molecule has 0 atom stereocenters. The summed E-state index contributed by atoms with van der Waals surface area (Å²) < 4.78 is 9.88. The molecule has 2 heterocycles. The van der Waals surface area contributed by atoms with Gasteiger partial charge in [0.2, 0.25) is 5.71 Å². The lowest BCUT2D eigenvalue weighted by atomic mass is 10.2. The van der Waals surface area contributed by atoms with Crippen LogP contribution < -0.4 is 5.73 Å². The number of furan rings is 1. The number of carbonyl (C=O) groups is 1. The van der Waals surface area contributed by atoms with Crippen molar-refractivity contribution in [2.75, 3.05) is 7.11 Å². The molecule has 2 aromatic rings. The Labute approximate surface area is 98.0 Å². The standard InChI is InChI=1S/C10H10N2O3.ClH/c1-14-10(13)7-2-6-3-8(4-11)15-9(6)12-5-7;/h2-3,5H,4,11H2,1H3;1H. The molecule has 0 aliphatic heterocycles. The van der Waals surface area contributed by atoms with Gasteiger partial charge in [0.05, 0.1) is 19.2 Å². The van der Waals surface area contributed by atoms with Crippen LogP contribution in [0.2, 0.25) is 0 Å². The van der Waals surface area contributed by atoms with Crippen LogP contribution in [0.1, 0.15) is 16.1 Å². The predicted molar refractivity (Wildman–Crippen MR) is 60.5 cm³/mol. The maximum Gasteiger partial charge on any atom is 0.339 e. The van der Waals surface area contributed by atoms with E-state index in [0.29, 0.717) is 23.6 Å². The molecule has 2 N–H and O–H groups in total. The third-order valence-electron chi connectivity index (χ3n) is 2.05. The van der Waals surface area contributed by atoms with Gasteiger partial charge in [-0.05, 0) is 12.1 Å². The first-order valence-corrected chi connectivity index (χ1v) is 4.41. The Bertz CT molecular complexity index is 510. The molecule has 2 rings (SSSR count). The smallest absolute Gasteiger partial charge is 0.339 e. The Balaban J connectivity index is 0.00000128. The number of nitrogens with zero attached hydrogens (tertiary/aromatic N) is 1. The molecule has 0 radical (unpaired) electrons. The van der Waals surface area contributed by atoms with Crippen LogP contribution >= 0.6 is 12.4 Å². The average Bonchev–Trinajstić information content (AvgIpc) is 2.69. The summed E-state index contributed by atoms with van der Waals surface area (Å²) in [6.45, 7) is 0.309. The highest BCUT2D eigenvalue weighted by atomic mass is 35.5. The zero-order chi connectivity index (χ0) is 10.8. The first kappa shape index (κ1) is 12.5. The molecule has 2 aromatic heterocycles. The van der Waals surface area contributed by atoms with E-state index in [1.807, 2.05) is 0 Å². The molecule has 0 unspecified atom stereocenters. The second-order valence-electron chi connectivity index (χ2n) is 3.03. The molecule has 0 saturated carbocycles. The van der Waals surface area contributed by atoms with E-state index < -0.39 is 5.97 Å². The van der Waals surface area contributed by atoms with Crippen LogP contribution in [0, 0.1) is 0 Å². The van der Waals surface area contributed by atoms with Crippen molar-refractivity contribution in [2.45, 2.75) is 6.54 Å². The molecule has 5 nitrogen and oxygen atoms in total. The zero-order valence-electron chi connectivity index (χ0n) is 8.60. The molecule has 6 heteroatoms. The Morgan fingerprint density at radius 2 is 2.31 bits per heavy atom. The lowest BCUT2D eigenvalue weighted by molar-refractivity contribution is 0.0600. The number of halogens is 1. The van der Waals surface area contributed by atoms with Gasteiger partial charge in [-0.2, -0.15) is 0 Å². The van der Waals surface area contributed by atoms with Crippen molar-refractivity contribution in [3.05, 3.63) is 29.7 Å². The minimum atomic E-state index is -0.417. The summed E-state index contributed by atoms with van der Waals surface area (Å²) in [5.74, 6) is 0.222. The van der Waals surface area contributed by atoms with E-state index in [-0.39, 0.29) is 12.4 Å². The number of aromatic nitrogens is 1. The van der Waals surface area contributed by atoms with Crippen LogP contribution in [-0.2, 0) is 11.3 Å². The molecule has 0 bridgehead atoms.